The van der Waals surface area contributed by atoms with E-state index in [1.807, 2.05) is 0 Å². The van der Waals surface area contributed by atoms with Crippen LogP contribution in [0.1, 0.15) is 12.8 Å². The average molecular weight is 411 g/mol. The highest BCUT2D eigenvalue weighted by Crippen LogP contribution is 2.30. The van der Waals surface area contributed by atoms with Gasteiger partial charge in [0.2, 0.25) is 10.0 Å². The quantitative estimate of drug-likeness (QED) is 0.720. The van der Waals surface area contributed by atoms with E-state index in [2.05, 4.69) is 31.9 Å². The summed E-state index contributed by atoms with van der Waals surface area (Å²) in [7, 11) is -3.51. The summed E-state index contributed by atoms with van der Waals surface area (Å²) >= 11 is 6.56. The highest BCUT2D eigenvalue weighted by molar-refractivity contribution is 9.11. The molecule has 1 saturated heterocycles. The van der Waals surface area contributed by atoms with E-state index in [4.69, 9.17) is 0 Å². The Morgan fingerprint density at radius 3 is 2.42 bits per heavy atom. The molecule has 0 aromatic heterocycles. The van der Waals surface area contributed by atoms with E-state index in [9.17, 15) is 13.2 Å². The summed E-state index contributed by atoms with van der Waals surface area (Å²) in [6.07, 6.45) is 2.10. The van der Waals surface area contributed by atoms with Crippen molar-refractivity contribution in [2.75, 3.05) is 13.1 Å². The average Bonchev–Trinajstić information content (AvgIpc) is 2.41. The maximum absolute atomic E-state index is 12.5. The molecule has 1 aromatic rings. The minimum Gasteiger partial charge on any atom is -0.303 e. The number of rotatable bonds is 3. The van der Waals surface area contributed by atoms with Crippen LogP contribution in [0.4, 0.5) is 0 Å². The van der Waals surface area contributed by atoms with Crippen molar-refractivity contribution in [3.63, 3.8) is 0 Å². The Hall–Kier alpha value is -0.240. The summed E-state index contributed by atoms with van der Waals surface area (Å²) < 4.78 is 27.8. The molecule has 1 aliphatic heterocycles. The molecule has 0 atom stereocenters. The molecule has 2 rings (SSSR count). The van der Waals surface area contributed by atoms with Crippen LogP contribution < -0.4 is 0 Å². The smallest absolute Gasteiger partial charge is 0.244 e. The lowest BCUT2D eigenvalue weighted by Gasteiger charge is -2.29. The van der Waals surface area contributed by atoms with E-state index in [-0.39, 0.29) is 10.8 Å². The number of carbonyl (C=O) groups is 1. The van der Waals surface area contributed by atoms with Crippen LogP contribution in [-0.2, 0) is 14.8 Å². The molecular weight excluding hydrogens is 398 g/mol. The second kappa shape index (κ2) is 6.03. The van der Waals surface area contributed by atoms with Crippen molar-refractivity contribution >= 4 is 48.2 Å². The first-order chi connectivity index (χ1) is 8.95. The second-order valence-electron chi connectivity index (χ2n) is 4.45. The highest BCUT2D eigenvalue weighted by Gasteiger charge is 2.30. The van der Waals surface area contributed by atoms with Crippen molar-refractivity contribution in [2.45, 2.75) is 17.7 Å². The number of hydrogen-bond donors (Lipinski definition) is 0. The van der Waals surface area contributed by atoms with Crippen molar-refractivity contribution in [1.82, 2.24) is 4.31 Å². The number of nitrogens with zero attached hydrogens (tertiary/aromatic N) is 1. The molecule has 1 heterocycles. The third kappa shape index (κ3) is 3.26. The van der Waals surface area contributed by atoms with Crippen LogP contribution in [0.2, 0.25) is 0 Å². The van der Waals surface area contributed by atoms with Crippen molar-refractivity contribution in [3.05, 3.63) is 27.1 Å². The summed E-state index contributed by atoms with van der Waals surface area (Å²) in [6, 6.07) is 5.07. The van der Waals surface area contributed by atoms with Gasteiger partial charge in [0.05, 0.1) is 4.90 Å². The SMILES string of the molecule is O=CC1CCN(S(=O)(=O)c2cc(Br)ccc2Br)CC1. The lowest BCUT2D eigenvalue weighted by Crippen LogP contribution is -2.38. The maximum Gasteiger partial charge on any atom is 0.244 e. The summed E-state index contributed by atoms with van der Waals surface area (Å²) in [5.74, 6) is -0.0163. The Kier molecular flexibility index (Phi) is 4.81. The summed E-state index contributed by atoms with van der Waals surface area (Å²) in [6.45, 7) is 0.787. The zero-order chi connectivity index (χ0) is 14.0. The molecular formula is C12H13Br2NO3S. The van der Waals surface area contributed by atoms with E-state index >= 15 is 0 Å². The summed E-state index contributed by atoms with van der Waals surface area (Å²) in [5.41, 5.74) is 0. The molecule has 1 fully saturated rings. The van der Waals surface area contributed by atoms with Crippen LogP contribution in [0.25, 0.3) is 0 Å². The predicted molar refractivity (Wildman–Crippen MR) is 79.4 cm³/mol. The van der Waals surface area contributed by atoms with Crippen LogP contribution >= 0.6 is 31.9 Å². The molecule has 4 nitrogen and oxygen atoms in total. The van der Waals surface area contributed by atoms with E-state index in [1.54, 1.807) is 18.2 Å². The van der Waals surface area contributed by atoms with Crippen LogP contribution in [0.15, 0.2) is 32.0 Å². The van der Waals surface area contributed by atoms with Gasteiger partial charge in [-0.1, -0.05) is 15.9 Å². The number of halogens is 2. The lowest BCUT2D eigenvalue weighted by atomic mass is 10.0. The first-order valence-electron chi connectivity index (χ1n) is 5.85. The normalized spacial score (nSPS) is 18.4. The fourth-order valence-electron chi connectivity index (χ4n) is 2.07. The number of benzene rings is 1. The first kappa shape index (κ1) is 15.2. The van der Waals surface area contributed by atoms with Crippen LogP contribution in [0, 0.1) is 5.92 Å². The van der Waals surface area contributed by atoms with Gasteiger partial charge in [-0.05, 0) is 47.0 Å². The van der Waals surface area contributed by atoms with E-state index in [1.165, 1.54) is 4.31 Å². The molecule has 1 aromatic carbocycles. The first-order valence-corrected chi connectivity index (χ1v) is 8.88. The van der Waals surface area contributed by atoms with Crippen molar-refractivity contribution in [3.8, 4) is 0 Å². The summed E-state index contributed by atoms with van der Waals surface area (Å²) in [4.78, 5) is 11.0. The monoisotopic (exact) mass is 409 g/mol. The molecule has 0 spiro atoms. The number of hydrogen-bond acceptors (Lipinski definition) is 3. The Bertz CT molecular complexity index is 581. The van der Waals surface area contributed by atoms with Gasteiger partial charge < -0.3 is 4.79 Å². The maximum atomic E-state index is 12.5. The molecule has 0 saturated carbocycles. The number of piperidine rings is 1. The Morgan fingerprint density at radius 1 is 1.21 bits per heavy atom. The van der Waals surface area contributed by atoms with Gasteiger partial charge in [-0.25, -0.2) is 8.42 Å². The molecule has 104 valence electrons. The number of carbonyl (C=O) groups excluding carboxylic acids is 1. The topological polar surface area (TPSA) is 54.5 Å². The molecule has 19 heavy (non-hydrogen) atoms. The van der Waals surface area contributed by atoms with E-state index < -0.39 is 10.0 Å². The summed E-state index contributed by atoms with van der Waals surface area (Å²) in [5, 5.41) is 0. The van der Waals surface area contributed by atoms with Gasteiger partial charge >= 0.3 is 0 Å². The Morgan fingerprint density at radius 2 is 1.84 bits per heavy atom. The lowest BCUT2D eigenvalue weighted by molar-refractivity contribution is -0.112. The van der Waals surface area contributed by atoms with Crippen molar-refractivity contribution in [2.24, 2.45) is 5.92 Å². The molecule has 1 aliphatic rings. The molecule has 7 heteroatoms. The second-order valence-corrected chi connectivity index (χ2v) is 8.13. The zero-order valence-electron chi connectivity index (χ0n) is 10.1. The van der Waals surface area contributed by atoms with Gasteiger partial charge in [0.1, 0.15) is 6.29 Å². The minimum atomic E-state index is -3.51. The van der Waals surface area contributed by atoms with Gasteiger partial charge in [0, 0.05) is 28.0 Å². The van der Waals surface area contributed by atoms with Crippen LogP contribution in [0.3, 0.4) is 0 Å². The van der Waals surface area contributed by atoms with Crippen molar-refractivity contribution in [1.29, 1.82) is 0 Å². The number of sulfonamides is 1. The third-order valence-electron chi connectivity index (χ3n) is 3.20. The minimum absolute atomic E-state index is 0.0163. The highest BCUT2D eigenvalue weighted by atomic mass is 79.9. The molecule has 0 bridgehead atoms. The van der Waals surface area contributed by atoms with Crippen LogP contribution in [0.5, 0.6) is 0 Å². The van der Waals surface area contributed by atoms with Gasteiger partial charge in [0.15, 0.2) is 0 Å². The van der Waals surface area contributed by atoms with Crippen LogP contribution in [-0.4, -0.2) is 32.1 Å². The van der Waals surface area contributed by atoms with Gasteiger partial charge in [-0.2, -0.15) is 4.31 Å². The number of aldehydes is 1. The third-order valence-corrected chi connectivity index (χ3v) is 6.59. The standard InChI is InChI=1S/C12H13Br2NO3S/c13-10-1-2-11(14)12(7-10)19(17,18)15-5-3-9(8-16)4-6-15/h1-2,7-9H,3-6H2. The fraction of sp³-hybridized carbons (Fsp3) is 0.417. The Labute approximate surface area is 129 Å². The molecule has 0 amide bonds. The molecule has 0 radical (unpaired) electrons. The predicted octanol–water partition coefficient (Wildman–Crippen LogP) is 2.81. The molecule has 0 N–H and O–H groups in total. The van der Waals surface area contributed by atoms with E-state index in [0.717, 1.165) is 10.8 Å². The van der Waals surface area contributed by atoms with Gasteiger partial charge in [0.25, 0.3) is 0 Å². The van der Waals surface area contributed by atoms with Crippen molar-refractivity contribution < 1.29 is 13.2 Å². The largest absolute Gasteiger partial charge is 0.303 e. The van der Waals surface area contributed by atoms with Gasteiger partial charge in [-0.3, -0.25) is 0 Å². The molecule has 0 aliphatic carbocycles. The zero-order valence-corrected chi connectivity index (χ0v) is 14.0. The van der Waals surface area contributed by atoms with E-state index in [0.29, 0.717) is 30.4 Å². The van der Waals surface area contributed by atoms with Gasteiger partial charge in [-0.15, -0.1) is 0 Å². The molecule has 0 unspecified atom stereocenters. The Balaban J connectivity index is 2.28. The fourth-order valence-corrected chi connectivity index (χ4v) is 5.00.